The van der Waals surface area contributed by atoms with Crippen molar-refractivity contribution in [3.05, 3.63) is 16.4 Å². The molecule has 1 saturated heterocycles. The number of rotatable bonds is 3. The van der Waals surface area contributed by atoms with E-state index in [1.165, 1.54) is 11.3 Å². The van der Waals surface area contributed by atoms with Gasteiger partial charge in [-0.3, -0.25) is 10.3 Å². The normalized spacial score (nSPS) is 18.6. The summed E-state index contributed by atoms with van der Waals surface area (Å²) in [5, 5.41) is 12.9. The molecule has 1 aliphatic heterocycles. The molecule has 2 heterocycles. The number of aromatic nitrogens is 1. The summed E-state index contributed by atoms with van der Waals surface area (Å²) in [5.41, 5.74) is 0. The molecule has 0 bridgehead atoms. The van der Waals surface area contributed by atoms with E-state index in [0.717, 1.165) is 39.3 Å². The predicted molar refractivity (Wildman–Crippen MR) is 57.5 cm³/mol. The van der Waals surface area contributed by atoms with Crippen molar-refractivity contribution in [1.82, 2.24) is 14.8 Å². The van der Waals surface area contributed by atoms with E-state index >= 15 is 0 Å². The minimum Gasteiger partial charge on any atom is -0.323 e. The van der Waals surface area contributed by atoms with Crippen molar-refractivity contribution >= 4 is 11.3 Å². The molecule has 78 valence electrons. The molecular formula is C9H16N4S. The van der Waals surface area contributed by atoms with Crippen LogP contribution in [0.1, 0.15) is 0 Å². The lowest BCUT2D eigenvalue weighted by Gasteiger charge is -2.27. The van der Waals surface area contributed by atoms with Crippen LogP contribution in [-0.4, -0.2) is 42.2 Å². The Balaban J connectivity index is 1.82. The highest BCUT2D eigenvalue weighted by molar-refractivity contribution is 7.06. The lowest BCUT2D eigenvalue weighted by Crippen LogP contribution is -2.44. The molecule has 1 aromatic rings. The molecule has 14 heavy (non-hydrogen) atoms. The van der Waals surface area contributed by atoms with Crippen LogP contribution in [-0.2, 0) is 6.54 Å². The third-order valence-electron chi connectivity index (χ3n) is 2.55. The molecule has 0 aromatic carbocycles. The van der Waals surface area contributed by atoms with E-state index in [1.54, 1.807) is 0 Å². The first kappa shape index (κ1) is 9.89. The summed E-state index contributed by atoms with van der Waals surface area (Å²) in [6.45, 7) is 6.48. The lowest BCUT2D eigenvalue weighted by molar-refractivity contribution is 0.232. The molecule has 0 amide bonds. The van der Waals surface area contributed by atoms with E-state index in [9.17, 15) is 0 Å². The van der Waals surface area contributed by atoms with Gasteiger partial charge >= 0.3 is 0 Å². The van der Waals surface area contributed by atoms with Gasteiger partial charge in [-0.2, -0.15) is 0 Å². The van der Waals surface area contributed by atoms with Crippen LogP contribution in [0.15, 0.2) is 11.6 Å². The Hall–Kier alpha value is -0.650. The van der Waals surface area contributed by atoms with Crippen molar-refractivity contribution in [1.29, 1.82) is 5.41 Å². The minimum absolute atomic E-state index is 0.653. The molecule has 2 rings (SSSR count). The standard InChI is InChI=1S/C9H16N4S/c10-9-13(7-8-14-9)6-5-12-3-1-11-2-4-12/h7-8,10-11H,1-6H2. The summed E-state index contributed by atoms with van der Waals surface area (Å²) >= 11 is 1.49. The Morgan fingerprint density at radius 2 is 2.14 bits per heavy atom. The number of hydrogen-bond donors (Lipinski definition) is 2. The zero-order chi connectivity index (χ0) is 9.80. The highest BCUT2D eigenvalue weighted by Gasteiger charge is 2.08. The second-order valence-electron chi connectivity index (χ2n) is 3.49. The maximum absolute atomic E-state index is 7.62. The molecule has 4 nitrogen and oxygen atoms in total. The van der Waals surface area contributed by atoms with Crippen molar-refractivity contribution in [3.63, 3.8) is 0 Å². The minimum atomic E-state index is 0.653. The second kappa shape index (κ2) is 4.72. The van der Waals surface area contributed by atoms with Crippen LogP contribution in [0.2, 0.25) is 0 Å². The number of hydrogen-bond acceptors (Lipinski definition) is 4. The Morgan fingerprint density at radius 3 is 2.79 bits per heavy atom. The van der Waals surface area contributed by atoms with Crippen LogP contribution < -0.4 is 10.1 Å². The molecule has 0 atom stereocenters. The number of thiazole rings is 1. The van der Waals surface area contributed by atoms with Crippen molar-refractivity contribution in [3.8, 4) is 0 Å². The zero-order valence-corrected chi connectivity index (χ0v) is 9.02. The Bertz CT molecular complexity index is 324. The number of nitrogens with one attached hydrogen (secondary N) is 2. The first-order valence-electron chi connectivity index (χ1n) is 4.98. The van der Waals surface area contributed by atoms with Gasteiger partial charge in [-0.25, -0.2) is 0 Å². The van der Waals surface area contributed by atoms with Crippen molar-refractivity contribution in [2.75, 3.05) is 32.7 Å². The largest absolute Gasteiger partial charge is 0.323 e. The predicted octanol–water partition coefficient (Wildman–Crippen LogP) is -0.0657. The van der Waals surface area contributed by atoms with E-state index < -0.39 is 0 Å². The van der Waals surface area contributed by atoms with E-state index in [4.69, 9.17) is 5.41 Å². The Labute approximate surface area is 87.7 Å². The molecule has 1 aromatic heterocycles. The van der Waals surface area contributed by atoms with Crippen molar-refractivity contribution in [2.24, 2.45) is 0 Å². The molecule has 2 N–H and O–H groups in total. The fraction of sp³-hybridized carbons (Fsp3) is 0.667. The third kappa shape index (κ3) is 2.43. The SMILES string of the molecule is N=c1sccn1CCN1CCNCC1. The van der Waals surface area contributed by atoms with Gasteiger partial charge in [0.25, 0.3) is 0 Å². The molecule has 1 fully saturated rings. The summed E-state index contributed by atoms with van der Waals surface area (Å²) in [6.07, 6.45) is 2.00. The lowest BCUT2D eigenvalue weighted by atomic mass is 10.3. The quantitative estimate of drug-likeness (QED) is 0.737. The average molecular weight is 212 g/mol. The van der Waals surface area contributed by atoms with Gasteiger partial charge in [-0.05, 0) is 0 Å². The Kier molecular flexibility index (Phi) is 3.34. The topological polar surface area (TPSA) is 44.1 Å². The van der Waals surface area contributed by atoms with Gasteiger partial charge < -0.3 is 9.88 Å². The van der Waals surface area contributed by atoms with Crippen molar-refractivity contribution in [2.45, 2.75) is 6.54 Å². The van der Waals surface area contributed by atoms with Crippen LogP contribution in [0, 0.1) is 5.41 Å². The second-order valence-corrected chi connectivity index (χ2v) is 4.39. The van der Waals surface area contributed by atoms with E-state index in [2.05, 4.69) is 10.2 Å². The zero-order valence-electron chi connectivity index (χ0n) is 8.20. The van der Waals surface area contributed by atoms with Gasteiger partial charge in [0.1, 0.15) is 0 Å². The summed E-state index contributed by atoms with van der Waals surface area (Å²) in [4.78, 5) is 3.10. The van der Waals surface area contributed by atoms with Gasteiger partial charge in [0.05, 0.1) is 0 Å². The molecule has 0 radical (unpaired) electrons. The van der Waals surface area contributed by atoms with Gasteiger partial charge in [0.2, 0.25) is 0 Å². The van der Waals surface area contributed by atoms with Crippen LogP contribution in [0.4, 0.5) is 0 Å². The molecule has 0 saturated carbocycles. The van der Waals surface area contributed by atoms with Crippen LogP contribution in [0.3, 0.4) is 0 Å². The maximum Gasteiger partial charge on any atom is 0.181 e. The molecular weight excluding hydrogens is 196 g/mol. The van der Waals surface area contributed by atoms with Crippen LogP contribution in [0.5, 0.6) is 0 Å². The van der Waals surface area contributed by atoms with Gasteiger partial charge in [0.15, 0.2) is 4.80 Å². The first-order chi connectivity index (χ1) is 6.86. The summed E-state index contributed by atoms with van der Waals surface area (Å²) in [7, 11) is 0. The smallest absolute Gasteiger partial charge is 0.181 e. The highest BCUT2D eigenvalue weighted by Crippen LogP contribution is 1.94. The van der Waals surface area contributed by atoms with Crippen LogP contribution >= 0.6 is 11.3 Å². The van der Waals surface area contributed by atoms with E-state index in [-0.39, 0.29) is 0 Å². The van der Waals surface area contributed by atoms with Crippen molar-refractivity contribution < 1.29 is 0 Å². The molecule has 0 unspecified atom stereocenters. The number of piperazine rings is 1. The highest BCUT2D eigenvalue weighted by atomic mass is 32.1. The first-order valence-corrected chi connectivity index (χ1v) is 5.86. The summed E-state index contributed by atoms with van der Waals surface area (Å²) in [6, 6.07) is 0. The fourth-order valence-electron chi connectivity index (χ4n) is 1.66. The third-order valence-corrected chi connectivity index (χ3v) is 3.26. The molecule has 1 aliphatic rings. The molecule has 5 heteroatoms. The van der Waals surface area contributed by atoms with Gasteiger partial charge in [-0.15, -0.1) is 11.3 Å². The van der Waals surface area contributed by atoms with E-state index in [1.807, 2.05) is 16.1 Å². The van der Waals surface area contributed by atoms with Gasteiger partial charge in [-0.1, -0.05) is 0 Å². The number of nitrogens with zero attached hydrogens (tertiary/aromatic N) is 2. The van der Waals surface area contributed by atoms with E-state index in [0.29, 0.717) is 4.80 Å². The fourth-order valence-corrected chi connectivity index (χ4v) is 2.29. The maximum atomic E-state index is 7.62. The summed E-state index contributed by atoms with van der Waals surface area (Å²) in [5.74, 6) is 0. The average Bonchev–Trinajstić information content (AvgIpc) is 2.63. The monoisotopic (exact) mass is 212 g/mol. The van der Waals surface area contributed by atoms with Gasteiger partial charge in [0, 0.05) is 50.8 Å². The summed E-state index contributed by atoms with van der Waals surface area (Å²) < 4.78 is 2.01. The molecule has 0 spiro atoms. The molecule has 0 aliphatic carbocycles. The van der Waals surface area contributed by atoms with Crippen LogP contribution in [0.25, 0.3) is 0 Å². The Morgan fingerprint density at radius 1 is 1.36 bits per heavy atom.